The van der Waals surface area contributed by atoms with Crippen molar-refractivity contribution in [3.63, 3.8) is 0 Å². The lowest BCUT2D eigenvalue weighted by Crippen LogP contribution is -2.36. The third-order valence-corrected chi connectivity index (χ3v) is 7.12. The molecule has 4 rings (SSSR count). The molecule has 2 heterocycles. The molecule has 35 heavy (non-hydrogen) atoms. The van der Waals surface area contributed by atoms with Gasteiger partial charge in [0, 0.05) is 28.7 Å². The minimum absolute atomic E-state index is 0.116. The van der Waals surface area contributed by atoms with Gasteiger partial charge in [0.25, 0.3) is 11.1 Å². The number of carbonyl (C=O) groups is 2. The number of aryl methyl sites for hydroxylation is 1. The number of nitriles is 1. The molecule has 0 N–H and O–H groups in total. The molecule has 1 fully saturated rings. The van der Waals surface area contributed by atoms with Crippen molar-refractivity contribution in [2.75, 3.05) is 0 Å². The number of nitrogens with zero attached hydrogens (tertiary/aromatic N) is 3. The molecule has 0 bridgehead atoms. The van der Waals surface area contributed by atoms with Gasteiger partial charge in [-0.05, 0) is 87.0 Å². The third-order valence-electron chi connectivity index (χ3n) is 6.24. The predicted molar refractivity (Wildman–Crippen MR) is 138 cm³/mol. The molecule has 0 radical (unpaired) electrons. The maximum Gasteiger partial charge on any atom is 0.293 e. The number of carbonyl (C=O) groups excluding carboxylic acids is 2. The Hall–Kier alpha value is -3.76. The highest BCUT2D eigenvalue weighted by Crippen LogP contribution is 2.35. The number of hydrogen-bond donors (Lipinski definition) is 0. The van der Waals surface area contributed by atoms with E-state index in [0.29, 0.717) is 22.8 Å². The molecular formula is C28H27N3O3S. The number of rotatable bonds is 7. The Bertz CT molecular complexity index is 1350. The molecule has 0 spiro atoms. The molecule has 2 aromatic carbocycles. The topological polar surface area (TPSA) is 75.3 Å². The Morgan fingerprint density at radius 3 is 2.51 bits per heavy atom. The van der Waals surface area contributed by atoms with Crippen LogP contribution in [0.25, 0.3) is 11.8 Å². The van der Waals surface area contributed by atoms with Crippen LogP contribution in [0.5, 0.6) is 5.75 Å². The number of amides is 2. The molecule has 1 aromatic heterocycles. The zero-order chi connectivity index (χ0) is 25.1. The fourth-order valence-electron chi connectivity index (χ4n) is 4.12. The smallest absolute Gasteiger partial charge is 0.293 e. The second kappa shape index (κ2) is 10.2. The van der Waals surface area contributed by atoms with Gasteiger partial charge in [0.05, 0.1) is 16.5 Å². The first-order valence-corrected chi connectivity index (χ1v) is 12.3. The van der Waals surface area contributed by atoms with E-state index < -0.39 is 0 Å². The van der Waals surface area contributed by atoms with Crippen molar-refractivity contribution >= 4 is 29.0 Å². The Kier molecular flexibility index (Phi) is 7.13. The molecule has 1 atom stereocenters. The number of ether oxygens (including phenoxy) is 1. The lowest BCUT2D eigenvalue weighted by Gasteiger charge is -2.19. The van der Waals surface area contributed by atoms with E-state index in [1.54, 1.807) is 6.07 Å². The highest BCUT2D eigenvalue weighted by atomic mass is 32.2. The average Bonchev–Trinajstić information content (AvgIpc) is 3.30. The standard InChI is InChI=1S/C28H27N3O3S/c1-5-18(2)31-27(32)26(35-28(31)33)15-23-14-19(3)30(20(23)4)24-10-12-25(13-11-24)34-17-22-9-7-6-8-21(22)16-29/h6-15,18H,5,17H2,1-4H3. The van der Waals surface area contributed by atoms with Gasteiger partial charge in [0.1, 0.15) is 12.4 Å². The van der Waals surface area contributed by atoms with E-state index in [1.165, 1.54) is 4.90 Å². The first-order valence-electron chi connectivity index (χ1n) is 11.5. The summed E-state index contributed by atoms with van der Waals surface area (Å²) in [7, 11) is 0. The summed E-state index contributed by atoms with van der Waals surface area (Å²) in [4.78, 5) is 27.0. The van der Waals surface area contributed by atoms with Crippen molar-refractivity contribution in [1.82, 2.24) is 9.47 Å². The zero-order valence-electron chi connectivity index (χ0n) is 20.2. The van der Waals surface area contributed by atoms with Gasteiger partial charge in [-0.1, -0.05) is 25.1 Å². The fourth-order valence-corrected chi connectivity index (χ4v) is 5.04. The van der Waals surface area contributed by atoms with Gasteiger partial charge in [-0.3, -0.25) is 14.5 Å². The summed E-state index contributed by atoms with van der Waals surface area (Å²) in [5.41, 5.74) is 5.33. The number of benzene rings is 2. The van der Waals surface area contributed by atoms with E-state index >= 15 is 0 Å². The van der Waals surface area contributed by atoms with Crippen LogP contribution in [0.3, 0.4) is 0 Å². The van der Waals surface area contributed by atoms with Crippen LogP contribution in [-0.2, 0) is 11.4 Å². The molecular weight excluding hydrogens is 458 g/mol. The Labute approximate surface area is 209 Å². The van der Waals surface area contributed by atoms with Crippen LogP contribution in [0.15, 0.2) is 59.5 Å². The van der Waals surface area contributed by atoms with Crippen LogP contribution < -0.4 is 4.74 Å². The molecule has 2 amide bonds. The SMILES string of the molecule is CCC(C)N1C(=O)SC(=Cc2cc(C)n(-c3ccc(OCc4ccccc4C#N)cc3)c2C)C1=O. The molecule has 6 nitrogen and oxygen atoms in total. The lowest BCUT2D eigenvalue weighted by molar-refractivity contribution is -0.124. The second-order valence-electron chi connectivity index (χ2n) is 8.52. The van der Waals surface area contributed by atoms with Gasteiger partial charge in [-0.25, -0.2) is 0 Å². The van der Waals surface area contributed by atoms with Crippen LogP contribution in [-0.4, -0.2) is 26.7 Å². The molecule has 178 valence electrons. The van der Waals surface area contributed by atoms with E-state index in [1.807, 2.05) is 82.3 Å². The predicted octanol–water partition coefficient (Wildman–Crippen LogP) is 6.38. The summed E-state index contributed by atoms with van der Waals surface area (Å²) >= 11 is 1.00. The van der Waals surface area contributed by atoms with E-state index in [-0.39, 0.29) is 17.2 Å². The van der Waals surface area contributed by atoms with E-state index in [0.717, 1.165) is 46.4 Å². The first-order chi connectivity index (χ1) is 16.8. The average molecular weight is 486 g/mol. The van der Waals surface area contributed by atoms with Crippen LogP contribution in [0, 0.1) is 25.2 Å². The minimum atomic E-state index is -0.223. The maximum atomic E-state index is 12.8. The normalized spacial score (nSPS) is 15.5. The van der Waals surface area contributed by atoms with Gasteiger partial charge in [0.15, 0.2) is 0 Å². The van der Waals surface area contributed by atoms with Gasteiger partial charge in [-0.15, -0.1) is 0 Å². The van der Waals surface area contributed by atoms with E-state index in [9.17, 15) is 14.9 Å². The molecule has 0 aliphatic carbocycles. The molecule has 1 saturated heterocycles. The first kappa shape index (κ1) is 24.4. The summed E-state index contributed by atoms with van der Waals surface area (Å²) in [5.74, 6) is 0.488. The second-order valence-corrected chi connectivity index (χ2v) is 9.52. The van der Waals surface area contributed by atoms with Gasteiger partial charge < -0.3 is 9.30 Å². The summed E-state index contributed by atoms with van der Waals surface area (Å²) in [6.07, 6.45) is 2.54. The van der Waals surface area contributed by atoms with E-state index in [2.05, 4.69) is 10.6 Å². The van der Waals surface area contributed by atoms with Crippen molar-refractivity contribution in [1.29, 1.82) is 5.26 Å². The van der Waals surface area contributed by atoms with Crippen molar-refractivity contribution in [2.24, 2.45) is 0 Å². The summed E-state index contributed by atoms with van der Waals surface area (Å²) in [6, 6.07) is 19.3. The van der Waals surface area contributed by atoms with Crippen molar-refractivity contribution < 1.29 is 14.3 Å². The van der Waals surface area contributed by atoms with Crippen molar-refractivity contribution in [3.05, 3.63) is 87.6 Å². The Morgan fingerprint density at radius 2 is 1.83 bits per heavy atom. The Balaban J connectivity index is 1.53. The molecule has 0 saturated carbocycles. The zero-order valence-corrected chi connectivity index (χ0v) is 21.1. The van der Waals surface area contributed by atoms with Crippen LogP contribution in [0.2, 0.25) is 0 Å². The fraction of sp³-hybridized carbons (Fsp3) is 0.250. The van der Waals surface area contributed by atoms with Crippen LogP contribution >= 0.6 is 11.8 Å². The van der Waals surface area contributed by atoms with Gasteiger partial charge >= 0.3 is 0 Å². The highest BCUT2D eigenvalue weighted by molar-refractivity contribution is 8.18. The van der Waals surface area contributed by atoms with Crippen LogP contribution in [0.1, 0.15) is 48.3 Å². The largest absolute Gasteiger partial charge is 0.489 e. The van der Waals surface area contributed by atoms with Crippen molar-refractivity contribution in [2.45, 2.75) is 46.8 Å². The lowest BCUT2D eigenvalue weighted by atomic mass is 10.1. The minimum Gasteiger partial charge on any atom is -0.489 e. The summed E-state index contributed by atoms with van der Waals surface area (Å²) in [5, 5.41) is 9.04. The number of thioether (sulfide) groups is 1. The maximum absolute atomic E-state index is 12.8. The molecule has 1 unspecified atom stereocenters. The number of imide groups is 1. The summed E-state index contributed by atoms with van der Waals surface area (Å²) < 4.78 is 8.00. The number of aromatic nitrogens is 1. The molecule has 1 aliphatic rings. The highest BCUT2D eigenvalue weighted by Gasteiger charge is 2.37. The molecule has 1 aliphatic heterocycles. The van der Waals surface area contributed by atoms with E-state index in [4.69, 9.17) is 4.74 Å². The third kappa shape index (κ3) is 4.89. The number of hydrogen-bond acceptors (Lipinski definition) is 5. The monoisotopic (exact) mass is 485 g/mol. The molecule has 3 aromatic rings. The Morgan fingerprint density at radius 1 is 1.11 bits per heavy atom. The molecule has 7 heteroatoms. The van der Waals surface area contributed by atoms with Crippen LogP contribution in [0.4, 0.5) is 4.79 Å². The van der Waals surface area contributed by atoms with Gasteiger partial charge in [0.2, 0.25) is 0 Å². The quantitative estimate of drug-likeness (QED) is 0.363. The summed E-state index contributed by atoms with van der Waals surface area (Å²) in [6.45, 7) is 8.19. The van der Waals surface area contributed by atoms with Gasteiger partial charge in [-0.2, -0.15) is 5.26 Å². The van der Waals surface area contributed by atoms with Crippen molar-refractivity contribution in [3.8, 4) is 17.5 Å².